The average Bonchev–Trinajstić information content (AvgIpc) is 2.51. The zero-order valence-electron chi connectivity index (χ0n) is 7.79. The normalized spacial score (nSPS) is 43.8. The predicted molar refractivity (Wildman–Crippen MR) is 46.8 cm³/mol. The average molecular weight is 186 g/mol. The molecule has 4 heteroatoms. The fourth-order valence-corrected chi connectivity index (χ4v) is 1.87. The third-order valence-corrected chi connectivity index (χ3v) is 3.13. The first-order valence-corrected chi connectivity index (χ1v) is 4.73. The van der Waals surface area contributed by atoms with Gasteiger partial charge in [0, 0.05) is 19.1 Å². The van der Waals surface area contributed by atoms with Crippen LogP contribution < -0.4 is 5.73 Å². The molecule has 2 aliphatic rings. The van der Waals surface area contributed by atoms with Gasteiger partial charge in [-0.1, -0.05) is 0 Å². The lowest BCUT2D eigenvalue weighted by Crippen LogP contribution is -2.37. The Morgan fingerprint density at radius 2 is 2.31 bits per heavy atom. The van der Waals surface area contributed by atoms with Crippen LogP contribution in [-0.2, 0) is 4.79 Å². The predicted octanol–water partition coefficient (Wildman–Crippen LogP) is 0.294. The first-order chi connectivity index (χ1) is 6.04. The lowest BCUT2D eigenvalue weighted by Gasteiger charge is -2.19. The van der Waals surface area contributed by atoms with Crippen molar-refractivity contribution in [2.45, 2.75) is 32.0 Å². The van der Waals surface area contributed by atoms with Crippen molar-refractivity contribution >= 4 is 5.91 Å². The number of rotatable bonds is 1. The molecule has 1 aliphatic heterocycles. The van der Waals surface area contributed by atoms with Crippen LogP contribution in [-0.4, -0.2) is 36.1 Å². The molecular weight excluding hydrogens is 171 g/mol. The summed E-state index contributed by atoms with van der Waals surface area (Å²) in [6, 6.07) is 0.0874. The maximum Gasteiger partial charge on any atom is 0.231 e. The zero-order valence-corrected chi connectivity index (χ0v) is 7.79. The van der Waals surface area contributed by atoms with Gasteiger partial charge in [0.05, 0.1) is 5.41 Å². The van der Waals surface area contributed by atoms with Crippen LogP contribution in [0.4, 0.5) is 4.39 Å². The minimum atomic E-state index is -0.933. The molecule has 0 aromatic rings. The van der Waals surface area contributed by atoms with E-state index in [1.807, 2.05) is 0 Å². The first kappa shape index (κ1) is 8.94. The minimum absolute atomic E-state index is 0.0482. The van der Waals surface area contributed by atoms with Crippen molar-refractivity contribution in [1.82, 2.24) is 4.90 Å². The number of hydrogen-bond donors (Lipinski definition) is 1. The monoisotopic (exact) mass is 186 g/mol. The van der Waals surface area contributed by atoms with E-state index in [2.05, 4.69) is 0 Å². The number of amides is 1. The number of nitrogens with zero attached hydrogens (tertiary/aromatic N) is 1. The highest BCUT2D eigenvalue weighted by Gasteiger charge is 2.58. The maximum absolute atomic E-state index is 12.9. The van der Waals surface area contributed by atoms with Crippen LogP contribution in [0.2, 0.25) is 0 Å². The highest BCUT2D eigenvalue weighted by Crippen LogP contribution is 2.49. The highest BCUT2D eigenvalue weighted by atomic mass is 19.1. The Hall–Kier alpha value is -0.640. The van der Waals surface area contributed by atoms with Gasteiger partial charge in [0.15, 0.2) is 0 Å². The van der Waals surface area contributed by atoms with Gasteiger partial charge in [-0.2, -0.15) is 0 Å². The number of hydrogen-bond acceptors (Lipinski definition) is 2. The van der Waals surface area contributed by atoms with Crippen LogP contribution in [0.15, 0.2) is 0 Å². The second kappa shape index (κ2) is 2.67. The van der Waals surface area contributed by atoms with E-state index in [-0.39, 0.29) is 11.9 Å². The lowest BCUT2D eigenvalue weighted by molar-refractivity contribution is -0.136. The largest absolute Gasteiger partial charge is 0.341 e. The number of likely N-dealkylation sites (tertiary alicyclic amines) is 1. The summed E-state index contributed by atoms with van der Waals surface area (Å²) < 4.78 is 12.9. The van der Waals surface area contributed by atoms with Crippen LogP contribution in [0.25, 0.3) is 0 Å². The van der Waals surface area contributed by atoms with Crippen molar-refractivity contribution in [2.24, 2.45) is 11.1 Å². The van der Waals surface area contributed by atoms with Gasteiger partial charge in [0.1, 0.15) is 6.17 Å². The Labute approximate surface area is 77.1 Å². The molecule has 2 N–H and O–H groups in total. The number of carbonyl (C=O) groups is 1. The van der Waals surface area contributed by atoms with Crippen LogP contribution in [0.3, 0.4) is 0 Å². The van der Waals surface area contributed by atoms with Gasteiger partial charge in [-0.3, -0.25) is 4.79 Å². The summed E-state index contributed by atoms with van der Waals surface area (Å²) in [6.07, 6.45) is 0.299. The van der Waals surface area contributed by atoms with Gasteiger partial charge in [0.2, 0.25) is 5.91 Å². The second-order valence-electron chi connectivity index (χ2n) is 4.39. The SMILES string of the molecule is CC1(C(=O)N2CCC(N)C2)CC1F. The molecule has 2 fully saturated rings. The number of halogens is 1. The van der Waals surface area contributed by atoms with E-state index in [0.29, 0.717) is 19.5 Å². The van der Waals surface area contributed by atoms with Gasteiger partial charge >= 0.3 is 0 Å². The van der Waals surface area contributed by atoms with Crippen molar-refractivity contribution < 1.29 is 9.18 Å². The lowest BCUT2D eigenvalue weighted by atomic mass is 10.1. The van der Waals surface area contributed by atoms with Gasteiger partial charge in [-0.25, -0.2) is 4.39 Å². The van der Waals surface area contributed by atoms with Crippen molar-refractivity contribution in [1.29, 1.82) is 0 Å². The maximum atomic E-state index is 12.9. The zero-order chi connectivity index (χ0) is 9.64. The van der Waals surface area contributed by atoms with Gasteiger partial charge in [0.25, 0.3) is 0 Å². The highest BCUT2D eigenvalue weighted by molar-refractivity contribution is 5.86. The topological polar surface area (TPSA) is 46.3 Å². The van der Waals surface area contributed by atoms with E-state index in [1.54, 1.807) is 11.8 Å². The molecular formula is C9H15FN2O. The molecule has 1 heterocycles. The fraction of sp³-hybridized carbons (Fsp3) is 0.889. The van der Waals surface area contributed by atoms with Crippen molar-refractivity contribution in [3.63, 3.8) is 0 Å². The molecule has 0 aromatic carbocycles. The van der Waals surface area contributed by atoms with Crippen molar-refractivity contribution in [2.75, 3.05) is 13.1 Å². The van der Waals surface area contributed by atoms with Gasteiger partial charge < -0.3 is 10.6 Å². The molecule has 1 aliphatic carbocycles. The van der Waals surface area contributed by atoms with E-state index in [9.17, 15) is 9.18 Å². The standard InChI is InChI=1S/C9H15FN2O/c1-9(4-7(9)10)8(13)12-3-2-6(11)5-12/h6-7H,2-5,11H2,1H3. The molecule has 0 spiro atoms. The van der Waals surface area contributed by atoms with E-state index in [0.717, 1.165) is 6.42 Å². The minimum Gasteiger partial charge on any atom is -0.341 e. The number of nitrogens with two attached hydrogens (primary N) is 1. The molecule has 13 heavy (non-hydrogen) atoms. The van der Waals surface area contributed by atoms with Crippen molar-refractivity contribution in [3.8, 4) is 0 Å². The molecule has 0 bridgehead atoms. The molecule has 3 atom stereocenters. The Bertz CT molecular complexity index is 246. The fourth-order valence-electron chi connectivity index (χ4n) is 1.87. The summed E-state index contributed by atoms with van der Waals surface area (Å²) in [4.78, 5) is 13.4. The summed E-state index contributed by atoms with van der Waals surface area (Å²) >= 11 is 0. The number of carbonyl (C=O) groups excluding carboxylic acids is 1. The van der Waals surface area contributed by atoms with Gasteiger partial charge in [-0.05, 0) is 19.8 Å². The Kier molecular flexibility index (Phi) is 1.84. The molecule has 74 valence electrons. The Balaban J connectivity index is 1.99. The van der Waals surface area contributed by atoms with Crippen LogP contribution in [0, 0.1) is 5.41 Å². The van der Waals surface area contributed by atoms with E-state index in [4.69, 9.17) is 5.73 Å². The van der Waals surface area contributed by atoms with Crippen LogP contribution in [0.5, 0.6) is 0 Å². The van der Waals surface area contributed by atoms with E-state index < -0.39 is 11.6 Å². The Morgan fingerprint density at radius 3 is 2.69 bits per heavy atom. The smallest absolute Gasteiger partial charge is 0.231 e. The van der Waals surface area contributed by atoms with E-state index in [1.165, 1.54) is 0 Å². The molecule has 1 saturated heterocycles. The Morgan fingerprint density at radius 1 is 1.69 bits per heavy atom. The molecule has 0 aromatic heterocycles. The second-order valence-corrected chi connectivity index (χ2v) is 4.39. The van der Waals surface area contributed by atoms with Crippen LogP contribution >= 0.6 is 0 Å². The summed E-state index contributed by atoms with van der Waals surface area (Å²) in [7, 11) is 0. The summed E-state index contributed by atoms with van der Waals surface area (Å²) in [6.45, 7) is 2.99. The molecule has 2 rings (SSSR count). The first-order valence-electron chi connectivity index (χ1n) is 4.73. The molecule has 0 radical (unpaired) electrons. The quantitative estimate of drug-likeness (QED) is 0.640. The summed E-state index contributed by atoms with van der Waals surface area (Å²) in [5, 5.41) is 0. The van der Waals surface area contributed by atoms with Crippen LogP contribution in [0.1, 0.15) is 19.8 Å². The molecule has 1 saturated carbocycles. The summed E-state index contributed by atoms with van der Waals surface area (Å²) in [5.41, 5.74) is 4.96. The third-order valence-electron chi connectivity index (χ3n) is 3.13. The van der Waals surface area contributed by atoms with E-state index >= 15 is 0 Å². The van der Waals surface area contributed by atoms with Gasteiger partial charge in [-0.15, -0.1) is 0 Å². The van der Waals surface area contributed by atoms with Crippen molar-refractivity contribution in [3.05, 3.63) is 0 Å². The molecule has 3 nitrogen and oxygen atoms in total. The molecule has 3 unspecified atom stereocenters. The summed E-state index contributed by atoms with van der Waals surface area (Å²) in [5.74, 6) is -0.0482. The third kappa shape index (κ3) is 1.33. The molecule has 1 amide bonds. The number of alkyl halides is 1.